The number of carbonyl (C=O) groups is 1. The summed E-state index contributed by atoms with van der Waals surface area (Å²) < 4.78 is 26.6. The van der Waals surface area contributed by atoms with Gasteiger partial charge in [-0.15, -0.1) is 0 Å². The van der Waals surface area contributed by atoms with Gasteiger partial charge in [0.1, 0.15) is 11.6 Å². The lowest BCUT2D eigenvalue weighted by atomic mass is 10.0. The van der Waals surface area contributed by atoms with Crippen molar-refractivity contribution in [2.24, 2.45) is 0 Å². The maximum absolute atomic E-state index is 13.3. The lowest BCUT2D eigenvalue weighted by Crippen LogP contribution is -2.48. The number of rotatable bonds is 4. The van der Waals surface area contributed by atoms with Crippen LogP contribution in [0.25, 0.3) is 0 Å². The standard InChI is InChI=1S/C16H22F2N2O/c1-11(2)20(10-15-5-3-4-6-19-15)16(21)12-7-13(17)9-14(18)8-12/h7-9,11,15,19H,3-6,10H2,1-2H3. The molecule has 1 aromatic carbocycles. The molecule has 1 saturated heterocycles. The summed E-state index contributed by atoms with van der Waals surface area (Å²) in [6.45, 7) is 5.35. The molecular weight excluding hydrogens is 274 g/mol. The minimum absolute atomic E-state index is 0.0208. The number of hydrogen-bond donors (Lipinski definition) is 1. The number of halogens is 2. The average Bonchev–Trinajstić information content (AvgIpc) is 2.44. The molecule has 0 saturated carbocycles. The topological polar surface area (TPSA) is 32.3 Å². The Kier molecular flexibility index (Phi) is 5.28. The predicted molar refractivity (Wildman–Crippen MR) is 78.2 cm³/mol. The van der Waals surface area contributed by atoms with E-state index in [0.717, 1.165) is 44.0 Å². The van der Waals surface area contributed by atoms with Gasteiger partial charge in [-0.2, -0.15) is 0 Å². The summed E-state index contributed by atoms with van der Waals surface area (Å²) in [6, 6.07) is 3.19. The third-order valence-corrected chi connectivity index (χ3v) is 3.82. The number of benzene rings is 1. The smallest absolute Gasteiger partial charge is 0.254 e. The maximum atomic E-state index is 13.3. The SMILES string of the molecule is CC(C)N(CC1CCCCN1)C(=O)c1cc(F)cc(F)c1. The van der Waals surface area contributed by atoms with E-state index in [1.165, 1.54) is 0 Å². The molecule has 1 fully saturated rings. The summed E-state index contributed by atoms with van der Waals surface area (Å²) in [5, 5.41) is 3.39. The quantitative estimate of drug-likeness (QED) is 0.926. The molecule has 0 aromatic heterocycles. The zero-order valence-electron chi connectivity index (χ0n) is 12.5. The molecule has 116 valence electrons. The van der Waals surface area contributed by atoms with Crippen LogP contribution in [0.5, 0.6) is 0 Å². The highest BCUT2D eigenvalue weighted by atomic mass is 19.1. The molecule has 1 unspecified atom stereocenters. The fraction of sp³-hybridized carbons (Fsp3) is 0.562. The number of nitrogens with zero attached hydrogens (tertiary/aromatic N) is 1. The van der Waals surface area contributed by atoms with E-state index in [0.29, 0.717) is 6.54 Å². The van der Waals surface area contributed by atoms with Crippen molar-refractivity contribution in [3.05, 3.63) is 35.4 Å². The monoisotopic (exact) mass is 296 g/mol. The highest BCUT2D eigenvalue weighted by Gasteiger charge is 2.24. The zero-order chi connectivity index (χ0) is 15.4. The van der Waals surface area contributed by atoms with Crippen molar-refractivity contribution in [1.82, 2.24) is 10.2 Å². The summed E-state index contributed by atoms with van der Waals surface area (Å²) in [4.78, 5) is 14.2. The highest BCUT2D eigenvalue weighted by molar-refractivity contribution is 5.94. The van der Waals surface area contributed by atoms with E-state index in [4.69, 9.17) is 0 Å². The molecule has 1 aromatic rings. The lowest BCUT2D eigenvalue weighted by molar-refractivity contribution is 0.0675. The average molecular weight is 296 g/mol. The van der Waals surface area contributed by atoms with Crippen LogP contribution < -0.4 is 5.32 Å². The Bertz CT molecular complexity index is 479. The summed E-state index contributed by atoms with van der Waals surface area (Å²) >= 11 is 0. The van der Waals surface area contributed by atoms with Crippen molar-refractivity contribution in [2.75, 3.05) is 13.1 Å². The minimum Gasteiger partial charge on any atom is -0.335 e. The molecule has 3 nitrogen and oxygen atoms in total. The van der Waals surface area contributed by atoms with Gasteiger partial charge in [0.25, 0.3) is 5.91 Å². The molecule has 1 N–H and O–H groups in total. The van der Waals surface area contributed by atoms with Crippen LogP contribution in [0.15, 0.2) is 18.2 Å². The van der Waals surface area contributed by atoms with Crippen LogP contribution >= 0.6 is 0 Å². The van der Waals surface area contributed by atoms with E-state index in [2.05, 4.69) is 5.32 Å². The summed E-state index contributed by atoms with van der Waals surface area (Å²) in [5.41, 5.74) is 0.0667. The van der Waals surface area contributed by atoms with Gasteiger partial charge in [0.2, 0.25) is 0 Å². The van der Waals surface area contributed by atoms with Crippen molar-refractivity contribution < 1.29 is 13.6 Å². The fourth-order valence-electron chi connectivity index (χ4n) is 2.69. The van der Waals surface area contributed by atoms with Crippen LogP contribution in [0.1, 0.15) is 43.5 Å². The highest BCUT2D eigenvalue weighted by Crippen LogP contribution is 2.15. The molecule has 0 radical (unpaired) electrons. The Labute approximate surface area is 124 Å². The van der Waals surface area contributed by atoms with E-state index < -0.39 is 11.6 Å². The van der Waals surface area contributed by atoms with Crippen molar-refractivity contribution >= 4 is 5.91 Å². The van der Waals surface area contributed by atoms with Gasteiger partial charge in [-0.3, -0.25) is 4.79 Å². The second kappa shape index (κ2) is 6.98. The van der Waals surface area contributed by atoms with Gasteiger partial charge < -0.3 is 10.2 Å². The second-order valence-electron chi connectivity index (χ2n) is 5.86. The fourth-order valence-corrected chi connectivity index (χ4v) is 2.69. The third-order valence-electron chi connectivity index (χ3n) is 3.82. The van der Waals surface area contributed by atoms with Gasteiger partial charge in [-0.1, -0.05) is 6.42 Å². The van der Waals surface area contributed by atoms with E-state index in [-0.39, 0.29) is 23.6 Å². The number of carbonyl (C=O) groups excluding carboxylic acids is 1. The molecule has 1 atom stereocenters. The van der Waals surface area contributed by atoms with E-state index in [1.807, 2.05) is 13.8 Å². The molecule has 0 spiro atoms. The molecule has 1 aliphatic rings. The van der Waals surface area contributed by atoms with E-state index >= 15 is 0 Å². The van der Waals surface area contributed by atoms with Crippen LogP contribution in [-0.4, -0.2) is 36.0 Å². The maximum Gasteiger partial charge on any atom is 0.254 e. The zero-order valence-corrected chi connectivity index (χ0v) is 12.5. The molecule has 1 aliphatic heterocycles. The summed E-state index contributed by atoms with van der Waals surface area (Å²) in [7, 11) is 0. The number of piperidine rings is 1. The van der Waals surface area contributed by atoms with Gasteiger partial charge in [-0.05, 0) is 45.4 Å². The van der Waals surface area contributed by atoms with Crippen molar-refractivity contribution in [2.45, 2.75) is 45.2 Å². The van der Waals surface area contributed by atoms with Crippen LogP contribution in [0.3, 0.4) is 0 Å². The normalized spacial score (nSPS) is 18.8. The van der Waals surface area contributed by atoms with Gasteiger partial charge in [0.15, 0.2) is 0 Å². The lowest BCUT2D eigenvalue weighted by Gasteiger charge is -2.33. The molecule has 1 amide bonds. The second-order valence-corrected chi connectivity index (χ2v) is 5.86. The van der Waals surface area contributed by atoms with Gasteiger partial charge >= 0.3 is 0 Å². The van der Waals surface area contributed by atoms with Gasteiger partial charge in [0.05, 0.1) is 0 Å². The molecular formula is C16H22F2N2O. The first-order chi connectivity index (χ1) is 9.97. The van der Waals surface area contributed by atoms with Crippen LogP contribution in [-0.2, 0) is 0 Å². The van der Waals surface area contributed by atoms with Gasteiger partial charge in [0, 0.05) is 30.3 Å². The Morgan fingerprint density at radius 3 is 2.48 bits per heavy atom. The molecule has 2 rings (SSSR count). The number of nitrogens with one attached hydrogen (secondary N) is 1. The van der Waals surface area contributed by atoms with E-state index in [9.17, 15) is 13.6 Å². The molecule has 1 heterocycles. The molecule has 0 aliphatic carbocycles. The van der Waals surface area contributed by atoms with Crippen LogP contribution in [0.4, 0.5) is 8.78 Å². The molecule has 0 bridgehead atoms. The minimum atomic E-state index is -0.724. The Hall–Kier alpha value is -1.49. The summed E-state index contributed by atoms with van der Waals surface area (Å²) in [5.74, 6) is -1.77. The van der Waals surface area contributed by atoms with Crippen LogP contribution in [0.2, 0.25) is 0 Å². The first kappa shape index (κ1) is 15.9. The first-order valence-electron chi connectivity index (χ1n) is 7.48. The van der Waals surface area contributed by atoms with Crippen molar-refractivity contribution in [3.63, 3.8) is 0 Å². The van der Waals surface area contributed by atoms with Crippen molar-refractivity contribution in [3.8, 4) is 0 Å². The predicted octanol–water partition coefficient (Wildman–Crippen LogP) is 2.96. The van der Waals surface area contributed by atoms with Crippen LogP contribution in [0, 0.1) is 11.6 Å². The summed E-state index contributed by atoms with van der Waals surface area (Å²) in [6.07, 6.45) is 3.32. The largest absolute Gasteiger partial charge is 0.335 e. The van der Waals surface area contributed by atoms with Crippen molar-refractivity contribution in [1.29, 1.82) is 0 Å². The van der Waals surface area contributed by atoms with E-state index in [1.54, 1.807) is 4.90 Å². The number of amides is 1. The van der Waals surface area contributed by atoms with Gasteiger partial charge in [-0.25, -0.2) is 8.78 Å². The number of hydrogen-bond acceptors (Lipinski definition) is 2. The first-order valence-corrected chi connectivity index (χ1v) is 7.48. The Morgan fingerprint density at radius 1 is 1.29 bits per heavy atom. The molecule has 21 heavy (non-hydrogen) atoms. The third kappa shape index (κ3) is 4.24. The Morgan fingerprint density at radius 2 is 1.95 bits per heavy atom. The Balaban J connectivity index is 2.14. The molecule has 5 heteroatoms.